The van der Waals surface area contributed by atoms with Crippen LogP contribution >= 0.6 is 0 Å². The number of hydrogen-bond donors (Lipinski definition) is 3. The number of hydrogen-bond acceptors (Lipinski definition) is 9. The van der Waals surface area contributed by atoms with Crippen LogP contribution in [0.3, 0.4) is 0 Å². The second-order valence-corrected chi connectivity index (χ2v) is 27.0. The van der Waals surface area contributed by atoms with E-state index in [9.17, 15) is 24.3 Å². The Hall–Kier alpha value is -2.20. The summed E-state index contributed by atoms with van der Waals surface area (Å²) in [7, 11) is 0. The number of aliphatic hydroxyl groups is 2. The molecule has 3 N–H and O–H groups in total. The lowest BCUT2D eigenvalue weighted by molar-refractivity contribution is -0.167. The monoisotopic (exact) mass is 1250 g/mol. The van der Waals surface area contributed by atoms with Gasteiger partial charge in [-0.3, -0.25) is 19.2 Å². The summed E-state index contributed by atoms with van der Waals surface area (Å²) in [5.74, 6) is -1.52. The highest BCUT2D eigenvalue weighted by molar-refractivity contribution is 5.71. The fraction of sp³-hybridized carbons (Fsp3) is 0.949. The third-order valence-electron chi connectivity index (χ3n) is 18.0. The van der Waals surface area contributed by atoms with E-state index in [0.717, 1.165) is 83.5 Å². The van der Waals surface area contributed by atoms with E-state index in [0.29, 0.717) is 32.1 Å². The van der Waals surface area contributed by atoms with Crippen molar-refractivity contribution in [3.05, 3.63) is 0 Å². The van der Waals surface area contributed by atoms with Crippen molar-refractivity contribution < 1.29 is 48.7 Å². The molecular formula is C78H152O10. The number of ether oxygens (including phenoxy) is 3. The predicted octanol–water partition coefficient (Wildman–Crippen LogP) is 24.2. The van der Waals surface area contributed by atoms with E-state index in [4.69, 9.17) is 24.4 Å². The first-order chi connectivity index (χ1) is 43.2. The Bertz CT molecular complexity index is 1390. The minimum absolute atomic E-state index is 0.0736. The van der Waals surface area contributed by atoms with E-state index < -0.39 is 18.2 Å². The molecule has 0 aliphatic carbocycles. The van der Waals surface area contributed by atoms with E-state index in [1.54, 1.807) is 0 Å². The van der Waals surface area contributed by atoms with Crippen LogP contribution in [0.2, 0.25) is 0 Å². The summed E-state index contributed by atoms with van der Waals surface area (Å²) in [6.45, 7) is 6.55. The van der Waals surface area contributed by atoms with Crippen LogP contribution in [0.15, 0.2) is 0 Å². The summed E-state index contributed by atoms with van der Waals surface area (Å²) < 4.78 is 16.9. The van der Waals surface area contributed by atoms with Crippen molar-refractivity contribution in [2.45, 2.75) is 457 Å². The first-order valence-electron chi connectivity index (χ1n) is 39.2. The van der Waals surface area contributed by atoms with Crippen molar-refractivity contribution in [3.8, 4) is 0 Å². The quantitative estimate of drug-likeness (QED) is 0.0304. The molecule has 0 amide bonds. The minimum atomic E-state index is -0.775. The summed E-state index contributed by atoms with van der Waals surface area (Å²) in [5.41, 5.74) is 0. The van der Waals surface area contributed by atoms with Gasteiger partial charge in [0.2, 0.25) is 0 Å². The maximum atomic E-state index is 12.9. The normalized spacial score (nSPS) is 12.0. The zero-order valence-electron chi connectivity index (χ0n) is 59.1. The molecule has 0 spiro atoms. The number of aliphatic carboxylic acids is 1. The predicted molar refractivity (Wildman–Crippen MR) is 374 cm³/mol. The van der Waals surface area contributed by atoms with Crippen molar-refractivity contribution in [1.29, 1.82) is 0 Å². The molecule has 0 radical (unpaired) electrons. The first kappa shape index (κ1) is 87.9. The number of unbranched alkanes of at least 4 members (excludes halogenated alkanes) is 57. The molecule has 0 heterocycles. The van der Waals surface area contributed by atoms with E-state index in [1.807, 2.05) is 0 Å². The number of aliphatic hydroxyl groups excluding tert-OH is 2. The van der Waals surface area contributed by atoms with Crippen LogP contribution in [0.5, 0.6) is 0 Å². The Morgan fingerprint density at radius 1 is 0.273 bits per heavy atom. The van der Waals surface area contributed by atoms with Crippen molar-refractivity contribution in [3.63, 3.8) is 0 Å². The Balaban J connectivity index is 0. The molecule has 0 saturated carbocycles. The van der Waals surface area contributed by atoms with Gasteiger partial charge in [0.1, 0.15) is 13.2 Å². The number of esters is 3. The van der Waals surface area contributed by atoms with Gasteiger partial charge in [0.25, 0.3) is 0 Å². The van der Waals surface area contributed by atoms with Gasteiger partial charge in [-0.15, -0.1) is 0 Å². The fourth-order valence-corrected chi connectivity index (χ4v) is 12.0. The van der Waals surface area contributed by atoms with Gasteiger partial charge in [-0.2, -0.15) is 0 Å². The lowest BCUT2D eigenvalue weighted by Gasteiger charge is -2.18. The molecule has 2 atom stereocenters. The molecule has 0 saturated heterocycles. The Morgan fingerprint density at radius 2 is 0.466 bits per heavy atom. The van der Waals surface area contributed by atoms with Gasteiger partial charge in [0.05, 0.1) is 12.7 Å². The number of carbonyl (C=O) groups is 4. The molecule has 0 fully saturated rings. The van der Waals surface area contributed by atoms with Crippen LogP contribution in [0, 0.1) is 0 Å². The molecule has 0 aromatic carbocycles. The van der Waals surface area contributed by atoms with Crippen LogP contribution < -0.4 is 0 Å². The number of carboxylic acid groups (broad SMARTS) is 1. The molecule has 0 rings (SSSR count). The van der Waals surface area contributed by atoms with Crippen molar-refractivity contribution in [1.82, 2.24) is 0 Å². The SMILES string of the molecule is CCCCCCCCCCCCCCCCCC(=O)O.CCCCCCCCCCCCCCCCCC(=O)OCC(COC(=O)CCCCCCCCCCCCCCCCCCC(O)CO)OC(=O)CCCCCCCCCCCCCCCCC. The molecule has 0 bridgehead atoms. The highest BCUT2D eigenvalue weighted by atomic mass is 16.6. The van der Waals surface area contributed by atoms with Crippen LogP contribution in [-0.2, 0) is 33.4 Å². The van der Waals surface area contributed by atoms with Crippen molar-refractivity contribution in [2.75, 3.05) is 19.8 Å². The number of carbonyl (C=O) groups excluding carboxylic acids is 3. The Labute approximate surface area is 546 Å². The largest absolute Gasteiger partial charge is 0.481 e. The van der Waals surface area contributed by atoms with Crippen molar-refractivity contribution in [2.24, 2.45) is 0 Å². The maximum absolute atomic E-state index is 12.9. The average molecular weight is 1250 g/mol. The van der Waals surface area contributed by atoms with Gasteiger partial charge in [-0.1, -0.05) is 387 Å². The minimum Gasteiger partial charge on any atom is -0.481 e. The van der Waals surface area contributed by atoms with Crippen LogP contribution in [0.4, 0.5) is 0 Å². The summed E-state index contributed by atoms with van der Waals surface area (Å²) in [6.07, 6.45) is 78.1. The standard InChI is InChI=1S/C60H116O8.C18H36O2/c1-3-5-7-9-11-13-15-17-21-26-30-34-38-42-46-50-58(63)66-54-57(68-60(65)52-48-44-40-36-32-28-22-18-16-14-12-10-8-6-4-2)55-67-59(64)51-47-43-39-35-31-27-24-20-19-23-25-29-33-37-41-45-49-56(62)53-61;1-2-3-4-5-6-7-8-9-10-11-12-13-14-15-16-17-18(19)20/h56-57,61-62H,3-55H2,1-2H3;2-17H2,1H3,(H,19,20). The molecule has 0 aliphatic heterocycles. The van der Waals surface area contributed by atoms with E-state index >= 15 is 0 Å². The molecule has 10 heteroatoms. The van der Waals surface area contributed by atoms with Gasteiger partial charge in [0.15, 0.2) is 6.10 Å². The fourth-order valence-electron chi connectivity index (χ4n) is 12.0. The van der Waals surface area contributed by atoms with Gasteiger partial charge in [-0.05, 0) is 32.1 Å². The number of rotatable bonds is 73. The third kappa shape index (κ3) is 78.0. The molecule has 10 nitrogen and oxygen atoms in total. The van der Waals surface area contributed by atoms with Gasteiger partial charge in [-0.25, -0.2) is 0 Å². The summed E-state index contributed by atoms with van der Waals surface area (Å²) in [6, 6.07) is 0. The van der Waals surface area contributed by atoms with Gasteiger partial charge in [0, 0.05) is 25.7 Å². The van der Waals surface area contributed by atoms with Crippen LogP contribution in [0.1, 0.15) is 445 Å². The second kappa shape index (κ2) is 77.2. The summed E-state index contributed by atoms with van der Waals surface area (Å²) in [4.78, 5) is 48.5. The van der Waals surface area contributed by atoms with Gasteiger partial charge >= 0.3 is 23.9 Å². The lowest BCUT2D eigenvalue weighted by Crippen LogP contribution is -2.30. The van der Waals surface area contributed by atoms with E-state index in [-0.39, 0.29) is 37.7 Å². The second-order valence-electron chi connectivity index (χ2n) is 27.0. The highest BCUT2D eigenvalue weighted by Gasteiger charge is 2.20. The van der Waals surface area contributed by atoms with E-state index in [1.165, 1.54) is 308 Å². The molecule has 0 aromatic rings. The zero-order valence-corrected chi connectivity index (χ0v) is 59.1. The molecular weight excluding hydrogens is 1100 g/mol. The molecule has 2 unspecified atom stereocenters. The molecule has 0 aliphatic rings. The molecule has 524 valence electrons. The topological polar surface area (TPSA) is 157 Å². The lowest BCUT2D eigenvalue weighted by atomic mass is 10.0. The first-order valence-corrected chi connectivity index (χ1v) is 39.2. The van der Waals surface area contributed by atoms with Gasteiger partial charge < -0.3 is 29.5 Å². The zero-order chi connectivity index (χ0) is 64.4. The summed E-state index contributed by atoms with van der Waals surface area (Å²) >= 11 is 0. The van der Waals surface area contributed by atoms with Crippen molar-refractivity contribution >= 4 is 23.9 Å². The molecule has 0 aromatic heterocycles. The van der Waals surface area contributed by atoms with E-state index in [2.05, 4.69) is 20.8 Å². The van der Waals surface area contributed by atoms with Crippen LogP contribution in [0.25, 0.3) is 0 Å². The third-order valence-corrected chi connectivity index (χ3v) is 18.0. The Kier molecular flexibility index (Phi) is 77.1. The summed E-state index contributed by atoms with van der Waals surface area (Å²) in [5, 5.41) is 26.8. The average Bonchev–Trinajstić information content (AvgIpc) is 3.56. The smallest absolute Gasteiger partial charge is 0.306 e. The highest BCUT2D eigenvalue weighted by Crippen LogP contribution is 2.20. The molecule has 88 heavy (non-hydrogen) atoms. The Morgan fingerprint density at radius 3 is 0.682 bits per heavy atom. The van der Waals surface area contributed by atoms with Crippen LogP contribution in [-0.4, -0.2) is 71.2 Å². The maximum Gasteiger partial charge on any atom is 0.306 e. The number of carboxylic acids is 1.